The van der Waals surface area contributed by atoms with E-state index in [1.54, 1.807) is 24.3 Å². The van der Waals surface area contributed by atoms with Crippen LogP contribution in [-0.4, -0.2) is 29.2 Å². The van der Waals surface area contributed by atoms with Gasteiger partial charge in [0, 0.05) is 18.7 Å². The van der Waals surface area contributed by atoms with E-state index < -0.39 is 29.5 Å². The molecule has 0 aromatic heterocycles. The van der Waals surface area contributed by atoms with Gasteiger partial charge in [0.05, 0.1) is 16.7 Å². The number of benzene rings is 2. The number of rotatable bonds is 5. The lowest BCUT2D eigenvalue weighted by Gasteiger charge is -2.13. The molecule has 0 spiro atoms. The number of hydrogen-bond acceptors (Lipinski definition) is 3. The molecule has 140 valence electrons. The summed E-state index contributed by atoms with van der Waals surface area (Å²) in [5.41, 5.74) is 0.133. The maximum absolute atomic E-state index is 12.5. The molecule has 5 nitrogen and oxygen atoms in total. The third-order valence-corrected chi connectivity index (χ3v) is 4.16. The summed E-state index contributed by atoms with van der Waals surface area (Å²) in [4.78, 5) is 37.4. The number of alkyl halides is 3. The number of nitrogens with zero attached hydrogens (tertiary/aromatic N) is 1. The van der Waals surface area contributed by atoms with Crippen LogP contribution in [-0.2, 0) is 11.0 Å². The van der Waals surface area contributed by atoms with Gasteiger partial charge in [-0.1, -0.05) is 12.1 Å². The third kappa shape index (κ3) is 3.99. The minimum atomic E-state index is -4.44. The second kappa shape index (κ2) is 7.22. The summed E-state index contributed by atoms with van der Waals surface area (Å²) in [6.45, 7) is 0.0901. The highest BCUT2D eigenvalue weighted by Crippen LogP contribution is 2.29. The van der Waals surface area contributed by atoms with E-state index in [9.17, 15) is 27.6 Å². The lowest BCUT2D eigenvalue weighted by Crippen LogP contribution is -2.31. The van der Waals surface area contributed by atoms with Gasteiger partial charge in [-0.3, -0.25) is 19.3 Å². The number of fused-ring (bicyclic) bond motifs is 1. The summed E-state index contributed by atoms with van der Waals surface area (Å²) < 4.78 is 37.5. The number of carbonyl (C=O) groups is 3. The topological polar surface area (TPSA) is 66.5 Å². The van der Waals surface area contributed by atoms with Crippen molar-refractivity contribution in [2.75, 3.05) is 11.9 Å². The summed E-state index contributed by atoms with van der Waals surface area (Å²) in [6.07, 6.45) is -4.17. The molecule has 1 aliphatic heterocycles. The van der Waals surface area contributed by atoms with Gasteiger partial charge in [-0.25, -0.2) is 0 Å². The van der Waals surface area contributed by atoms with Gasteiger partial charge in [0.15, 0.2) is 0 Å². The Morgan fingerprint density at radius 3 is 2.00 bits per heavy atom. The Hall–Kier alpha value is -3.16. The Morgan fingerprint density at radius 1 is 0.926 bits per heavy atom. The first-order valence-electron chi connectivity index (χ1n) is 8.20. The first kappa shape index (κ1) is 18.6. The molecule has 0 bridgehead atoms. The van der Waals surface area contributed by atoms with Crippen LogP contribution in [0.4, 0.5) is 18.9 Å². The molecule has 1 aliphatic rings. The molecule has 1 heterocycles. The van der Waals surface area contributed by atoms with Crippen molar-refractivity contribution in [2.45, 2.75) is 19.0 Å². The molecular formula is C19H15F3N2O3. The van der Waals surface area contributed by atoms with E-state index in [1.807, 2.05) is 0 Å². The third-order valence-electron chi connectivity index (χ3n) is 4.16. The van der Waals surface area contributed by atoms with Crippen LogP contribution >= 0.6 is 0 Å². The van der Waals surface area contributed by atoms with Crippen LogP contribution < -0.4 is 5.32 Å². The molecule has 0 aliphatic carbocycles. The molecule has 0 unspecified atom stereocenters. The SMILES string of the molecule is O=C(CCCN1C(=O)c2ccccc2C1=O)Nc1ccc(C(F)(F)F)cc1. The Balaban J connectivity index is 1.51. The van der Waals surface area contributed by atoms with Gasteiger partial charge in [0.2, 0.25) is 5.91 Å². The summed E-state index contributed by atoms with van der Waals surface area (Å²) in [5.74, 6) is -1.19. The van der Waals surface area contributed by atoms with Crippen molar-refractivity contribution in [1.29, 1.82) is 0 Å². The minimum absolute atomic E-state index is 0.0222. The fourth-order valence-corrected chi connectivity index (χ4v) is 2.81. The van der Waals surface area contributed by atoms with Crippen LogP contribution in [0.25, 0.3) is 0 Å². The largest absolute Gasteiger partial charge is 0.416 e. The Kier molecular flexibility index (Phi) is 4.98. The fourth-order valence-electron chi connectivity index (χ4n) is 2.81. The van der Waals surface area contributed by atoms with Crippen molar-refractivity contribution in [3.8, 4) is 0 Å². The predicted octanol–water partition coefficient (Wildman–Crippen LogP) is 3.72. The number of anilines is 1. The van der Waals surface area contributed by atoms with Gasteiger partial charge in [-0.2, -0.15) is 13.2 Å². The zero-order valence-electron chi connectivity index (χ0n) is 14.0. The van der Waals surface area contributed by atoms with Crippen LogP contribution in [0.3, 0.4) is 0 Å². The van der Waals surface area contributed by atoms with Gasteiger partial charge in [-0.15, -0.1) is 0 Å². The molecule has 1 N–H and O–H groups in total. The van der Waals surface area contributed by atoms with E-state index >= 15 is 0 Å². The van der Waals surface area contributed by atoms with Crippen molar-refractivity contribution in [2.24, 2.45) is 0 Å². The van der Waals surface area contributed by atoms with E-state index in [1.165, 1.54) is 12.1 Å². The molecule has 0 fully saturated rings. The Morgan fingerprint density at radius 2 is 1.48 bits per heavy atom. The highest BCUT2D eigenvalue weighted by molar-refractivity contribution is 6.21. The zero-order valence-corrected chi connectivity index (χ0v) is 14.0. The molecule has 0 saturated carbocycles. The van der Waals surface area contributed by atoms with Crippen molar-refractivity contribution < 1.29 is 27.6 Å². The maximum Gasteiger partial charge on any atom is 0.416 e. The van der Waals surface area contributed by atoms with E-state index in [2.05, 4.69) is 5.32 Å². The first-order valence-corrected chi connectivity index (χ1v) is 8.20. The van der Waals surface area contributed by atoms with E-state index in [4.69, 9.17) is 0 Å². The first-order chi connectivity index (χ1) is 12.8. The maximum atomic E-state index is 12.5. The van der Waals surface area contributed by atoms with Crippen LogP contribution in [0.15, 0.2) is 48.5 Å². The number of hydrogen-bond donors (Lipinski definition) is 1. The van der Waals surface area contributed by atoms with E-state index in [0.717, 1.165) is 17.0 Å². The van der Waals surface area contributed by atoms with Crippen LogP contribution in [0.2, 0.25) is 0 Å². The van der Waals surface area contributed by atoms with Gasteiger partial charge >= 0.3 is 6.18 Å². The van der Waals surface area contributed by atoms with Gasteiger partial charge in [0.1, 0.15) is 0 Å². The van der Waals surface area contributed by atoms with Crippen LogP contribution in [0.1, 0.15) is 39.1 Å². The predicted molar refractivity (Wildman–Crippen MR) is 91.1 cm³/mol. The molecular weight excluding hydrogens is 361 g/mol. The summed E-state index contributed by atoms with van der Waals surface area (Å²) in [5, 5.41) is 2.49. The van der Waals surface area contributed by atoms with Gasteiger partial charge in [0.25, 0.3) is 11.8 Å². The van der Waals surface area contributed by atoms with Gasteiger partial charge < -0.3 is 5.32 Å². The summed E-state index contributed by atoms with van der Waals surface area (Å²) in [7, 11) is 0. The number of imide groups is 1. The average Bonchev–Trinajstić information content (AvgIpc) is 2.87. The van der Waals surface area contributed by atoms with Crippen LogP contribution in [0, 0.1) is 0 Å². The molecule has 0 atom stereocenters. The highest BCUT2D eigenvalue weighted by Gasteiger charge is 2.34. The van der Waals surface area contributed by atoms with Crippen molar-refractivity contribution >= 4 is 23.4 Å². The van der Waals surface area contributed by atoms with Crippen molar-refractivity contribution in [1.82, 2.24) is 4.90 Å². The highest BCUT2D eigenvalue weighted by atomic mass is 19.4. The molecule has 0 radical (unpaired) electrons. The van der Waals surface area contributed by atoms with Crippen LogP contribution in [0.5, 0.6) is 0 Å². The summed E-state index contributed by atoms with van der Waals surface area (Å²) >= 11 is 0. The molecule has 3 rings (SSSR count). The Bertz CT molecular complexity index is 857. The molecule has 3 amide bonds. The van der Waals surface area contributed by atoms with Crippen molar-refractivity contribution in [3.05, 3.63) is 65.2 Å². The lowest BCUT2D eigenvalue weighted by molar-refractivity contribution is -0.137. The standard InChI is InChI=1S/C19H15F3N2O3/c20-19(21,22)12-7-9-13(10-8-12)23-16(25)6-3-11-24-17(26)14-4-1-2-5-15(14)18(24)27/h1-2,4-5,7-10H,3,6,11H2,(H,23,25). The van der Waals surface area contributed by atoms with E-state index in [-0.39, 0.29) is 25.1 Å². The number of amides is 3. The number of halogens is 3. The second-order valence-corrected chi connectivity index (χ2v) is 6.03. The monoisotopic (exact) mass is 376 g/mol. The van der Waals surface area contributed by atoms with Crippen molar-refractivity contribution in [3.63, 3.8) is 0 Å². The molecule has 27 heavy (non-hydrogen) atoms. The second-order valence-electron chi connectivity index (χ2n) is 6.03. The van der Waals surface area contributed by atoms with Gasteiger partial charge in [-0.05, 0) is 42.8 Å². The van der Waals surface area contributed by atoms with E-state index in [0.29, 0.717) is 11.1 Å². The molecule has 8 heteroatoms. The number of carbonyl (C=O) groups excluding carboxylic acids is 3. The molecule has 2 aromatic rings. The number of nitrogens with one attached hydrogen (secondary N) is 1. The average molecular weight is 376 g/mol. The lowest BCUT2D eigenvalue weighted by atomic mass is 10.1. The normalized spacial score (nSPS) is 13.7. The fraction of sp³-hybridized carbons (Fsp3) is 0.211. The minimum Gasteiger partial charge on any atom is -0.326 e. The zero-order chi connectivity index (χ0) is 19.6. The Labute approximate surface area is 152 Å². The molecule has 0 saturated heterocycles. The summed E-state index contributed by atoms with van der Waals surface area (Å²) in [6, 6.07) is 10.6. The quantitative estimate of drug-likeness (QED) is 0.809. The molecule has 2 aromatic carbocycles. The smallest absolute Gasteiger partial charge is 0.326 e.